The van der Waals surface area contributed by atoms with Crippen LogP contribution in [0.3, 0.4) is 0 Å². The zero-order valence-corrected chi connectivity index (χ0v) is 30.3. The number of hydrogen-bond acceptors (Lipinski definition) is 3. The summed E-state index contributed by atoms with van der Waals surface area (Å²) in [6, 6.07) is 70.4. The van der Waals surface area contributed by atoms with Crippen LogP contribution in [0.4, 0.5) is 0 Å². The van der Waals surface area contributed by atoms with Gasteiger partial charge in [-0.05, 0) is 53.6 Å². The van der Waals surface area contributed by atoms with Crippen molar-refractivity contribution < 1.29 is 0 Å². The molecule has 11 rings (SSSR count). The molecule has 0 unspecified atom stereocenters. The first-order valence-corrected chi connectivity index (χ1v) is 18.9. The third kappa shape index (κ3) is 5.21. The molecule has 0 fully saturated rings. The van der Waals surface area contributed by atoms with Gasteiger partial charge < -0.3 is 9.13 Å². The van der Waals surface area contributed by atoms with Crippen LogP contribution in [-0.4, -0.2) is 24.1 Å². The largest absolute Gasteiger partial charge is 0.309 e. The lowest BCUT2D eigenvalue weighted by atomic mass is 10.0. The summed E-state index contributed by atoms with van der Waals surface area (Å²) in [5.41, 5.74) is 12.0. The van der Waals surface area contributed by atoms with Gasteiger partial charge in [-0.15, -0.1) is 0 Å². The number of para-hydroxylation sites is 2. The molecule has 262 valence electrons. The van der Waals surface area contributed by atoms with Crippen molar-refractivity contribution in [2.75, 3.05) is 0 Å². The molecule has 0 N–H and O–H groups in total. The molecule has 0 radical (unpaired) electrons. The number of benzene rings is 8. The van der Waals surface area contributed by atoms with Gasteiger partial charge in [-0.2, -0.15) is 0 Å². The first kappa shape index (κ1) is 31.9. The molecular weight excluding hydrogens is 683 g/mol. The molecule has 0 amide bonds. The van der Waals surface area contributed by atoms with Crippen LogP contribution in [0.2, 0.25) is 0 Å². The Morgan fingerprint density at radius 1 is 0.286 bits per heavy atom. The van der Waals surface area contributed by atoms with Crippen LogP contribution in [-0.2, 0) is 0 Å². The van der Waals surface area contributed by atoms with Crippen molar-refractivity contribution in [3.8, 4) is 56.7 Å². The van der Waals surface area contributed by atoms with E-state index in [0.717, 1.165) is 39.1 Å². The number of aromatic nitrogens is 5. The average molecular weight is 716 g/mol. The lowest BCUT2D eigenvalue weighted by Gasteiger charge is -2.12. The molecule has 0 atom stereocenters. The first-order chi connectivity index (χ1) is 27.8. The van der Waals surface area contributed by atoms with E-state index in [2.05, 4.69) is 149 Å². The molecule has 3 heterocycles. The van der Waals surface area contributed by atoms with Crippen molar-refractivity contribution in [1.82, 2.24) is 24.1 Å². The number of rotatable bonds is 6. The topological polar surface area (TPSA) is 48.5 Å². The molecule has 0 aliphatic rings. The Hall–Kier alpha value is -7.63. The van der Waals surface area contributed by atoms with E-state index >= 15 is 0 Å². The highest BCUT2D eigenvalue weighted by Crippen LogP contribution is 2.42. The van der Waals surface area contributed by atoms with Crippen LogP contribution in [0.1, 0.15) is 0 Å². The Morgan fingerprint density at radius 2 is 0.750 bits per heavy atom. The Balaban J connectivity index is 1.15. The summed E-state index contributed by atoms with van der Waals surface area (Å²) in [5, 5.41) is 4.86. The second-order valence-electron chi connectivity index (χ2n) is 14.1. The molecule has 0 saturated carbocycles. The van der Waals surface area contributed by atoms with Crippen molar-refractivity contribution in [2.45, 2.75) is 0 Å². The summed E-state index contributed by atoms with van der Waals surface area (Å²) in [6.45, 7) is 0. The lowest BCUT2D eigenvalue weighted by molar-refractivity contribution is 1.07. The molecule has 0 saturated heterocycles. The molecule has 11 aromatic rings. The van der Waals surface area contributed by atoms with Gasteiger partial charge in [0.25, 0.3) is 0 Å². The van der Waals surface area contributed by atoms with Gasteiger partial charge in [-0.25, -0.2) is 15.0 Å². The van der Waals surface area contributed by atoms with Crippen LogP contribution < -0.4 is 0 Å². The second kappa shape index (κ2) is 13.0. The molecular formula is C51H33N5. The van der Waals surface area contributed by atoms with Gasteiger partial charge in [0, 0.05) is 49.6 Å². The average Bonchev–Trinajstić information content (AvgIpc) is 3.80. The van der Waals surface area contributed by atoms with Gasteiger partial charge in [-0.1, -0.05) is 158 Å². The highest BCUT2D eigenvalue weighted by Gasteiger charge is 2.21. The van der Waals surface area contributed by atoms with Gasteiger partial charge in [0.2, 0.25) is 0 Å². The Labute approximate surface area is 323 Å². The summed E-state index contributed by atoms with van der Waals surface area (Å²) in [7, 11) is 0. The maximum absolute atomic E-state index is 5.05. The van der Waals surface area contributed by atoms with E-state index in [1.54, 1.807) is 0 Å². The lowest BCUT2D eigenvalue weighted by Crippen LogP contribution is -2.01. The van der Waals surface area contributed by atoms with E-state index in [1.165, 1.54) is 43.7 Å². The minimum absolute atomic E-state index is 0.626. The second-order valence-corrected chi connectivity index (χ2v) is 14.1. The third-order valence-corrected chi connectivity index (χ3v) is 10.7. The van der Waals surface area contributed by atoms with Crippen molar-refractivity contribution in [2.24, 2.45) is 0 Å². The minimum atomic E-state index is 0.626. The molecule has 0 aliphatic heterocycles. The Morgan fingerprint density at radius 3 is 1.39 bits per heavy atom. The summed E-state index contributed by atoms with van der Waals surface area (Å²) >= 11 is 0. The number of nitrogens with zero attached hydrogens (tertiary/aromatic N) is 5. The van der Waals surface area contributed by atoms with E-state index in [-0.39, 0.29) is 0 Å². The van der Waals surface area contributed by atoms with Crippen LogP contribution >= 0.6 is 0 Å². The fourth-order valence-electron chi connectivity index (χ4n) is 8.23. The van der Waals surface area contributed by atoms with Gasteiger partial charge in [0.1, 0.15) is 0 Å². The molecule has 5 nitrogen and oxygen atoms in total. The van der Waals surface area contributed by atoms with E-state index in [1.807, 2.05) is 60.7 Å². The highest BCUT2D eigenvalue weighted by molar-refractivity contribution is 6.26. The highest BCUT2D eigenvalue weighted by atomic mass is 15.0. The zero-order chi connectivity index (χ0) is 37.0. The first-order valence-electron chi connectivity index (χ1n) is 18.9. The Bertz CT molecular complexity index is 3180. The minimum Gasteiger partial charge on any atom is -0.309 e. The van der Waals surface area contributed by atoms with Gasteiger partial charge >= 0.3 is 0 Å². The standard InChI is InChI=1S/C51H33N5/c1-4-16-34(17-5-1)37-22-14-25-40(32-37)56-44-28-12-10-26-41(44)42-30-31-46-47(48(42)56)43-27-11-13-29-45(43)55(46)39-24-15-23-38(33-39)51-53-49(35-18-6-2-7-19-35)52-50(54-51)36-20-8-3-9-21-36/h1-33H. The Kier molecular flexibility index (Phi) is 7.42. The molecule has 0 aliphatic carbocycles. The van der Waals surface area contributed by atoms with Crippen molar-refractivity contribution in [1.29, 1.82) is 0 Å². The maximum atomic E-state index is 5.05. The fourth-order valence-corrected chi connectivity index (χ4v) is 8.23. The van der Waals surface area contributed by atoms with Crippen LogP contribution in [0, 0.1) is 0 Å². The monoisotopic (exact) mass is 715 g/mol. The molecule has 56 heavy (non-hydrogen) atoms. The van der Waals surface area contributed by atoms with Crippen LogP contribution in [0.5, 0.6) is 0 Å². The van der Waals surface area contributed by atoms with Crippen LogP contribution in [0.15, 0.2) is 200 Å². The predicted octanol–water partition coefficient (Wildman–Crippen LogP) is 12.7. The van der Waals surface area contributed by atoms with Crippen molar-refractivity contribution in [3.05, 3.63) is 200 Å². The normalized spacial score (nSPS) is 11.6. The summed E-state index contributed by atoms with van der Waals surface area (Å²) in [4.78, 5) is 15.0. The smallest absolute Gasteiger partial charge is 0.164 e. The summed E-state index contributed by atoms with van der Waals surface area (Å²) < 4.78 is 4.83. The molecule has 5 heteroatoms. The summed E-state index contributed by atoms with van der Waals surface area (Å²) in [5.74, 6) is 1.91. The molecule has 8 aromatic carbocycles. The molecule has 0 bridgehead atoms. The van der Waals surface area contributed by atoms with Crippen molar-refractivity contribution in [3.63, 3.8) is 0 Å². The fraction of sp³-hybridized carbons (Fsp3) is 0. The quantitative estimate of drug-likeness (QED) is 0.172. The van der Waals surface area contributed by atoms with Gasteiger partial charge in [0.05, 0.1) is 22.1 Å². The van der Waals surface area contributed by atoms with E-state index in [9.17, 15) is 0 Å². The van der Waals surface area contributed by atoms with Gasteiger partial charge in [0.15, 0.2) is 17.5 Å². The summed E-state index contributed by atoms with van der Waals surface area (Å²) in [6.07, 6.45) is 0. The third-order valence-electron chi connectivity index (χ3n) is 10.7. The van der Waals surface area contributed by atoms with Crippen molar-refractivity contribution >= 4 is 43.6 Å². The molecule has 0 spiro atoms. The van der Waals surface area contributed by atoms with Crippen LogP contribution in [0.25, 0.3) is 100 Å². The SMILES string of the molecule is c1ccc(-c2cccc(-n3c4ccccc4c4ccc5c(c6ccccc6n5-c5cccc(-c6nc(-c7ccccc7)nc(-c7ccccc7)n6)c5)c43)c2)cc1. The maximum Gasteiger partial charge on any atom is 0.164 e. The number of hydrogen-bond donors (Lipinski definition) is 0. The van der Waals surface area contributed by atoms with E-state index < -0.39 is 0 Å². The zero-order valence-electron chi connectivity index (χ0n) is 30.3. The molecule has 3 aromatic heterocycles. The van der Waals surface area contributed by atoms with Gasteiger partial charge in [-0.3, -0.25) is 0 Å². The number of fused-ring (bicyclic) bond motifs is 7. The predicted molar refractivity (Wildman–Crippen MR) is 230 cm³/mol. The van der Waals surface area contributed by atoms with E-state index in [0.29, 0.717) is 17.5 Å². The van der Waals surface area contributed by atoms with E-state index in [4.69, 9.17) is 15.0 Å².